The zero-order valence-corrected chi connectivity index (χ0v) is 58.2. The van der Waals surface area contributed by atoms with E-state index < -0.39 is 14.8 Å². The number of carbonyl (C=O) groups excluding carboxylic acids is 1. The standard InChI is InChI=1S/C28H27FN6.C26H22FN5O.C26H20FN5O.Mn.2O/c1-19(21-7-5-4-6-8-21)31-28-30-15-13-24(32-28)27-26(22-9-11-23(29)12-10-22)33-25-17-20(18-34(2)3)14-16-35(25)27;2*1-17(19-5-3-2-4-6-19)29-26-28-13-11-22(30-26)25-24(20-7-9-21(27)10-8-20)31-23-15-18(16-33)12-14-32(23)25;;;/h4-17,19H,18H2,1-3H3,(H,30,31,32);2-15,17,33H,16H2,1H3,(H,28,29,30);2-17H,1H3,(H,28,29,30);;;/t19-;2*17-;;;/m000.../s1. The molecule has 9 aromatic heterocycles. The zero-order chi connectivity index (χ0) is 72.6. The van der Waals surface area contributed by atoms with E-state index in [-0.39, 0.29) is 42.2 Å². The van der Waals surface area contributed by atoms with Crippen molar-refractivity contribution in [3.8, 4) is 67.9 Å². The number of pyridine rings is 3. The molecule has 0 saturated heterocycles. The van der Waals surface area contributed by atoms with Gasteiger partial charge in [-0.3, -0.25) is 18.0 Å². The first-order valence-electron chi connectivity index (χ1n) is 33.0. The molecular formula is C80H69F3MnN16O4. The van der Waals surface area contributed by atoms with Crippen molar-refractivity contribution in [1.82, 2.24) is 63.0 Å². The summed E-state index contributed by atoms with van der Waals surface area (Å²) in [4.78, 5) is 55.5. The molecule has 15 aromatic rings. The van der Waals surface area contributed by atoms with E-state index in [0.717, 1.165) is 91.5 Å². The van der Waals surface area contributed by atoms with E-state index in [9.17, 15) is 23.1 Å². The fraction of sp³-hybridized carbons (Fsp3) is 0.125. The van der Waals surface area contributed by atoms with Crippen LogP contribution in [0.5, 0.6) is 0 Å². The van der Waals surface area contributed by atoms with Crippen molar-refractivity contribution in [2.75, 3.05) is 30.0 Å². The van der Waals surface area contributed by atoms with Gasteiger partial charge in [-0.15, -0.1) is 0 Å². The Hall–Kier alpha value is -12.5. The van der Waals surface area contributed by atoms with Gasteiger partial charge in [0.25, 0.3) is 0 Å². The fourth-order valence-corrected chi connectivity index (χ4v) is 11.8. The number of nitrogens with zero attached hydrogens (tertiary/aromatic N) is 13. The number of aromatic nitrogens is 12. The van der Waals surface area contributed by atoms with E-state index >= 15 is 0 Å². The maximum absolute atomic E-state index is 13.7. The SMILES string of the molecule is C[C@H](Nc1nccc(-c2c(-c3ccc(F)cc3)nc3cc(C=O)ccn23)n1)c1ccccc1.C[C@H](Nc1nccc(-c2c(-c3ccc(F)cc3)nc3cc(CN(C)C)ccn23)n1)c1ccccc1.C[C@H](Nc1nccc(-c2c(-c3ccc(F)cc3)nc3cc(CO)ccn23)n1)c1ccccc1.[O]=[Mn]=[O]. The first kappa shape index (κ1) is 71.4. The van der Waals surface area contributed by atoms with Gasteiger partial charge in [0.1, 0.15) is 40.7 Å². The van der Waals surface area contributed by atoms with E-state index in [0.29, 0.717) is 57.5 Å². The molecule has 0 bridgehead atoms. The Morgan fingerprint density at radius 2 is 0.750 bits per heavy atom. The summed E-state index contributed by atoms with van der Waals surface area (Å²) in [5.41, 5.74) is 16.7. The first-order valence-corrected chi connectivity index (χ1v) is 34.0. The Bertz CT molecular complexity index is 5460. The number of hydrogen-bond donors (Lipinski definition) is 4. The second-order valence-corrected chi connectivity index (χ2v) is 24.6. The quantitative estimate of drug-likeness (QED) is 0.0435. The number of aldehydes is 1. The molecule has 0 fully saturated rings. The van der Waals surface area contributed by atoms with Crippen LogP contribution in [0.1, 0.15) is 77.1 Å². The zero-order valence-electron chi connectivity index (χ0n) is 57.0. The number of fused-ring (bicyclic) bond motifs is 3. The molecule has 0 amide bonds. The van der Waals surface area contributed by atoms with Gasteiger partial charge in [0, 0.05) is 66.0 Å². The third kappa shape index (κ3) is 17.1. The average molecular weight is 1430 g/mol. The molecule has 0 radical (unpaired) electrons. The van der Waals surface area contributed by atoms with Gasteiger partial charge < -0.3 is 26.0 Å². The van der Waals surface area contributed by atoms with Crippen LogP contribution in [0.15, 0.2) is 256 Å². The Labute approximate surface area is 602 Å². The summed E-state index contributed by atoms with van der Waals surface area (Å²) in [6.07, 6.45) is 11.6. The third-order valence-corrected chi connectivity index (χ3v) is 16.8. The number of nitrogens with one attached hydrogen (secondary N) is 3. The van der Waals surface area contributed by atoms with Gasteiger partial charge in [-0.25, -0.2) is 58.0 Å². The third-order valence-electron chi connectivity index (χ3n) is 16.8. The molecule has 4 N–H and O–H groups in total. The topological polar surface area (TPSA) is 240 Å². The van der Waals surface area contributed by atoms with Crippen molar-refractivity contribution in [1.29, 1.82) is 0 Å². The minimum absolute atomic E-state index is 0.00959. The van der Waals surface area contributed by atoms with Crippen LogP contribution in [0, 0.1) is 17.5 Å². The predicted octanol–water partition coefficient (Wildman–Crippen LogP) is 16.4. The number of benzene rings is 6. The van der Waals surface area contributed by atoms with Crippen LogP contribution >= 0.6 is 0 Å². The molecule has 20 nitrogen and oxygen atoms in total. The molecule has 0 aliphatic carbocycles. The first-order chi connectivity index (χ1) is 50.6. The number of carbonyl (C=O) groups is 1. The van der Waals surface area contributed by atoms with E-state index in [1.54, 1.807) is 73.3 Å². The van der Waals surface area contributed by atoms with Gasteiger partial charge >= 0.3 is 22.5 Å². The van der Waals surface area contributed by atoms with Gasteiger partial charge in [0.2, 0.25) is 17.8 Å². The van der Waals surface area contributed by atoms with Crippen molar-refractivity contribution < 1.29 is 45.6 Å². The monoisotopic (exact) mass is 1430 g/mol. The number of anilines is 3. The molecule has 6 aromatic carbocycles. The summed E-state index contributed by atoms with van der Waals surface area (Å²) in [5, 5.41) is 19.6. The van der Waals surface area contributed by atoms with Crippen molar-refractivity contribution >= 4 is 41.1 Å². The van der Waals surface area contributed by atoms with Gasteiger partial charge in [0.15, 0.2) is 0 Å². The number of aliphatic hydroxyl groups is 1. The van der Waals surface area contributed by atoms with Gasteiger partial charge in [-0.05, 0) is 190 Å². The maximum atomic E-state index is 13.7. The van der Waals surface area contributed by atoms with Crippen molar-refractivity contribution in [3.63, 3.8) is 0 Å². The summed E-state index contributed by atoms with van der Waals surface area (Å²) in [6, 6.07) is 65.9. The number of imidazole rings is 3. The molecule has 0 aliphatic rings. The molecule has 24 heteroatoms. The summed E-state index contributed by atoms with van der Waals surface area (Å²) in [5.74, 6) is 0.592. The summed E-state index contributed by atoms with van der Waals surface area (Å²) < 4.78 is 63.4. The van der Waals surface area contributed by atoms with Crippen LogP contribution in [0.3, 0.4) is 0 Å². The average Bonchev–Trinajstić information content (AvgIpc) is 1.62. The summed E-state index contributed by atoms with van der Waals surface area (Å²) in [6.45, 7) is 6.91. The molecule has 0 saturated carbocycles. The predicted molar refractivity (Wildman–Crippen MR) is 390 cm³/mol. The van der Waals surface area contributed by atoms with Gasteiger partial charge in [0.05, 0.1) is 76.0 Å². The van der Waals surface area contributed by atoms with Crippen molar-refractivity contribution in [2.24, 2.45) is 0 Å². The fourth-order valence-electron chi connectivity index (χ4n) is 11.8. The molecular weight excluding hydrogens is 1360 g/mol. The molecule has 9 heterocycles. The van der Waals surface area contributed by atoms with Crippen LogP contribution in [-0.4, -0.2) is 88.4 Å². The van der Waals surface area contributed by atoms with Crippen LogP contribution in [-0.2, 0) is 35.6 Å². The normalized spacial score (nSPS) is 11.9. The molecule has 521 valence electrons. The molecule has 0 spiro atoms. The van der Waals surface area contributed by atoms with E-state index in [1.165, 1.54) is 36.4 Å². The molecule has 15 rings (SSSR count). The van der Waals surface area contributed by atoms with E-state index in [2.05, 4.69) is 86.0 Å². The number of halogens is 3. The second-order valence-electron chi connectivity index (χ2n) is 24.4. The summed E-state index contributed by atoms with van der Waals surface area (Å²) in [7, 11) is 4.08. The van der Waals surface area contributed by atoms with E-state index in [1.807, 2.05) is 144 Å². The van der Waals surface area contributed by atoms with Gasteiger partial charge in [-0.1, -0.05) is 91.0 Å². The number of rotatable bonds is 19. The molecule has 3 atom stereocenters. The van der Waals surface area contributed by atoms with Crippen molar-refractivity contribution in [3.05, 3.63) is 306 Å². The van der Waals surface area contributed by atoms with Crippen LogP contribution in [0.25, 0.3) is 84.9 Å². The molecule has 0 aliphatic heterocycles. The molecule has 104 heavy (non-hydrogen) atoms. The second kappa shape index (κ2) is 33.3. The Morgan fingerprint density at radius 3 is 1.08 bits per heavy atom. The number of hydrogen-bond acceptors (Lipinski definition) is 17. The van der Waals surface area contributed by atoms with Gasteiger partial charge in [-0.2, -0.15) is 0 Å². The van der Waals surface area contributed by atoms with Crippen LogP contribution < -0.4 is 16.0 Å². The van der Waals surface area contributed by atoms with Crippen molar-refractivity contribution in [2.45, 2.75) is 52.0 Å². The minimum atomic E-state index is -1.44. The van der Waals surface area contributed by atoms with E-state index in [4.69, 9.17) is 37.6 Å². The number of aliphatic hydroxyl groups excluding tert-OH is 1. The molecule has 0 unspecified atom stereocenters. The Balaban J connectivity index is 0.000000144. The van der Waals surface area contributed by atoms with Crippen LogP contribution in [0.4, 0.5) is 31.0 Å². The Morgan fingerprint density at radius 1 is 0.433 bits per heavy atom. The Kier molecular flexibility index (Phi) is 22.9. The van der Waals surface area contributed by atoms with Crippen LogP contribution in [0.2, 0.25) is 0 Å². The summed E-state index contributed by atoms with van der Waals surface area (Å²) >= 11 is -1.44.